The number of hydrogen-bond acceptors (Lipinski definition) is 4. The van der Waals surface area contributed by atoms with Gasteiger partial charge < -0.3 is 9.47 Å². The van der Waals surface area contributed by atoms with Gasteiger partial charge >= 0.3 is 6.18 Å². The summed E-state index contributed by atoms with van der Waals surface area (Å²) in [7, 11) is -4.04. The van der Waals surface area contributed by atoms with Crippen molar-refractivity contribution in [3.8, 4) is 5.75 Å². The Labute approximate surface area is 186 Å². The second-order valence-electron chi connectivity index (χ2n) is 8.85. The van der Waals surface area contributed by atoms with Crippen LogP contribution in [0.2, 0.25) is 0 Å². The maximum absolute atomic E-state index is 13.7. The Hall–Kier alpha value is -2.06. The molecule has 0 aliphatic carbocycles. The predicted molar refractivity (Wildman–Crippen MR) is 115 cm³/mol. The van der Waals surface area contributed by atoms with Crippen LogP contribution < -0.4 is 4.74 Å². The molecule has 1 saturated heterocycles. The SMILES string of the molecule is CCCc1cc(C(F)(F)F)cc(S(=O)(=O)C2(C)CCOC(c3ccc4c(c3)CCO4)C2)c1. The maximum Gasteiger partial charge on any atom is 0.416 e. The number of ether oxygens (including phenoxy) is 2. The molecular formula is C24H27F3O4S. The molecule has 32 heavy (non-hydrogen) atoms. The number of halogens is 3. The molecule has 8 heteroatoms. The number of aryl methyl sites for hydroxylation is 1. The molecule has 2 aliphatic rings. The fourth-order valence-electron chi connectivity index (χ4n) is 4.53. The third-order valence-corrected chi connectivity index (χ3v) is 8.97. The number of benzene rings is 2. The first-order valence-electron chi connectivity index (χ1n) is 10.9. The fraction of sp³-hybridized carbons (Fsp3) is 0.500. The van der Waals surface area contributed by atoms with Crippen molar-refractivity contribution in [3.05, 3.63) is 58.7 Å². The summed E-state index contributed by atoms with van der Waals surface area (Å²) in [6, 6.07) is 8.94. The summed E-state index contributed by atoms with van der Waals surface area (Å²) in [4.78, 5) is -0.263. The van der Waals surface area contributed by atoms with Crippen LogP contribution in [0, 0.1) is 0 Å². The highest BCUT2D eigenvalue weighted by molar-refractivity contribution is 7.92. The normalized spacial score (nSPS) is 23.6. The Morgan fingerprint density at radius 1 is 1.12 bits per heavy atom. The van der Waals surface area contributed by atoms with E-state index in [1.54, 1.807) is 6.92 Å². The van der Waals surface area contributed by atoms with E-state index in [-0.39, 0.29) is 24.3 Å². The van der Waals surface area contributed by atoms with Crippen molar-refractivity contribution in [2.75, 3.05) is 13.2 Å². The van der Waals surface area contributed by atoms with E-state index < -0.39 is 32.4 Å². The van der Waals surface area contributed by atoms with E-state index in [2.05, 4.69) is 0 Å². The van der Waals surface area contributed by atoms with Crippen molar-refractivity contribution in [1.82, 2.24) is 0 Å². The van der Waals surface area contributed by atoms with Crippen LogP contribution in [0.5, 0.6) is 5.75 Å². The first-order valence-corrected chi connectivity index (χ1v) is 12.3. The van der Waals surface area contributed by atoms with Gasteiger partial charge in [-0.15, -0.1) is 0 Å². The molecule has 174 valence electrons. The second kappa shape index (κ2) is 8.37. The Balaban J connectivity index is 1.69. The van der Waals surface area contributed by atoms with Gasteiger partial charge in [0.2, 0.25) is 0 Å². The van der Waals surface area contributed by atoms with Crippen molar-refractivity contribution in [3.63, 3.8) is 0 Å². The molecule has 2 aromatic rings. The highest BCUT2D eigenvalue weighted by atomic mass is 32.2. The van der Waals surface area contributed by atoms with Crippen molar-refractivity contribution in [2.45, 2.75) is 67.9 Å². The topological polar surface area (TPSA) is 52.6 Å². The van der Waals surface area contributed by atoms with Gasteiger partial charge in [-0.05, 0) is 73.2 Å². The third-order valence-electron chi connectivity index (χ3n) is 6.44. The average Bonchev–Trinajstić information content (AvgIpc) is 3.21. The number of fused-ring (bicyclic) bond motifs is 1. The summed E-state index contributed by atoms with van der Waals surface area (Å²) in [5, 5.41) is 0. The molecule has 2 aliphatic heterocycles. The van der Waals surface area contributed by atoms with Gasteiger partial charge in [0.25, 0.3) is 0 Å². The second-order valence-corrected chi connectivity index (χ2v) is 11.3. The summed E-state index contributed by atoms with van der Waals surface area (Å²) < 4.78 is 78.0. The lowest BCUT2D eigenvalue weighted by atomic mass is 9.91. The van der Waals surface area contributed by atoms with Crippen molar-refractivity contribution in [1.29, 1.82) is 0 Å². The van der Waals surface area contributed by atoms with Gasteiger partial charge in [-0.3, -0.25) is 0 Å². The first-order chi connectivity index (χ1) is 15.0. The molecule has 0 N–H and O–H groups in total. The Morgan fingerprint density at radius 2 is 1.91 bits per heavy atom. The maximum atomic E-state index is 13.7. The van der Waals surface area contributed by atoms with Gasteiger partial charge in [0.15, 0.2) is 9.84 Å². The summed E-state index contributed by atoms with van der Waals surface area (Å²) in [6.07, 6.45) is -2.87. The van der Waals surface area contributed by atoms with Gasteiger partial charge in [-0.1, -0.05) is 19.4 Å². The van der Waals surface area contributed by atoms with E-state index in [0.29, 0.717) is 25.0 Å². The van der Waals surface area contributed by atoms with Gasteiger partial charge in [-0.25, -0.2) is 8.42 Å². The Bertz CT molecular complexity index is 1110. The highest BCUT2D eigenvalue weighted by Gasteiger charge is 2.46. The average molecular weight is 469 g/mol. The molecule has 0 aromatic heterocycles. The fourth-order valence-corrected chi connectivity index (χ4v) is 6.41. The largest absolute Gasteiger partial charge is 0.493 e. The third kappa shape index (κ3) is 4.27. The molecular weight excluding hydrogens is 441 g/mol. The van der Waals surface area contributed by atoms with Crippen LogP contribution >= 0.6 is 0 Å². The summed E-state index contributed by atoms with van der Waals surface area (Å²) >= 11 is 0. The quantitative estimate of drug-likeness (QED) is 0.567. The minimum atomic E-state index is -4.61. The minimum absolute atomic E-state index is 0.175. The lowest BCUT2D eigenvalue weighted by molar-refractivity contribution is -0.137. The van der Waals surface area contributed by atoms with Gasteiger partial charge in [-0.2, -0.15) is 13.2 Å². The Kier molecular flexibility index (Phi) is 6.05. The number of hydrogen-bond donors (Lipinski definition) is 0. The first kappa shape index (κ1) is 23.1. The molecule has 4 nitrogen and oxygen atoms in total. The zero-order chi connectivity index (χ0) is 23.1. The molecule has 4 rings (SSSR count). The smallest absolute Gasteiger partial charge is 0.416 e. The van der Waals surface area contributed by atoms with Crippen molar-refractivity contribution >= 4 is 9.84 Å². The van der Waals surface area contributed by atoms with E-state index >= 15 is 0 Å². The van der Waals surface area contributed by atoms with E-state index in [1.807, 2.05) is 25.1 Å². The summed E-state index contributed by atoms with van der Waals surface area (Å²) in [5.41, 5.74) is 1.38. The number of alkyl halides is 3. The number of rotatable bonds is 5. The standard InChI is InChI=1S/C24H27F3O4S/c1-3-4-16-11-19(24(25,26)27)14-20(12-16)32(28,29)23(2)8-10-31-22(15-23)17-5-6-21-18(13-17)7-9-30-21/h5-6,11-14,22H,3-4,7-10,15H2,1-2H3. The molecule has 2 heterocycles. The van der Waals surface area contributed by atoms with Crippen LogP contribution in [0.15, 0.2) is 41.3 Å². The van der Waals surface area contributed by atoms with Gasteiger partial charge in [0.1, 0.15) is 5.75 Å². The highest BCUT2D eigenvalue weighted by Crippen LogP contribution is 2.44. The van der Waals surface area contributed by atoms with E-state index in [4.69, 9.17) is 9.47 Å². The van der Waals surface area contributed by atoms with Crippen LogP contribution in [-0.4, -0.2) is 26.4 Å². The molecule has 0 saturated carbocycles. The van der Waals surface area contributed by atoms with E-state index in [0.717, 1.165) is 35.4 Å². The van der Waals surface area contributed by atoms with Crippen LogP contribution in [-0.2, 0) is 33.6 Å². The molecule has 1 fully saturated rings. The van der Waals surface area contributed by atoms with E-state index in [1.165, 1.54) is 6.07 Å². The van der Waals surface area contributed by atoms with Crippen LogP contribution in [0.1, 0.15) is 61.5 Å². The molecule has 2 atom stereocenters. The molecule has 2 unspecified atom stereocenters. The molecule has 0 bridgehead atoms. The molecule has 0 spiro atoms. The molecule has 2 aromatic carbocycles. The van der Waals surface area contributed by atoms with Crippen molar-refractivity contribution in [2.24, 2.45) is 0 Å². The number of sulfone groups is 1. The lowest BCUT2D eigenvalue weighted by Crippen LogP contribution is -2.42. The molecule has 0 radical (unpaired) electrons. The van der Waals surface area contributed by atoms with Crippen LogP contribution in [0.25, 0.3) is 0 Å². The zero-order valence-electron chi connectivity index (χ0n) is 18.2. The Morgan fingerprint density at radius 3 is 2.62 bits per heavy atom. The van der Waals surface area contributed by atoms with Gasteiger partial charge in [0, 0.05) is 13.0 Å². The van der Waals surface area contributed by atoms with Crippen LogP contribution in [0.4, 0.5) is 13.2 Å². The molecule has 0 amide bonds. The van der Waals surface area contributed by atoms with Crippen molar-refractivity contribution < 1.29 is 31.1 Å². The van der Waals surface area contributed by atoms with Crippen LogP contribution in [0.3, 0.4) is 0 Å². The van der Waals surface area contributed by atoms with E-state index in [9.17, 15) is 21.6 Å². The lowest BCUT2D eigenvalue weighted by Gasteiger charge is -2.38. The minimum Gasteiger partial charge on any atom is -0.493 e. The zero-order valence-corrected chi connectivity index (χ0v) is 19.0. The van der Waals surface area contributed by atoms with Gasteiger partial charge in [0.05, 0.1) is 27.9 Å². The predicted octanol–water partition coefficient (Wildman–Crippen LogP) is 5.68. The summed E-state index contributed by atoms with van der Waals surface area (Å²) in [5.74, 6) is 0.826. The summed E-state index contributed by atoms with van der Waals surface area (Å²) in [6.45, 7) is 4.30. The monoisotopic (exact) mass is 468 g/mol.